The number of nitrogens with two attached hydrogens (primary N) is 1. The van der Waals surface area contributed by atoms with Crippen molar-refractivity contribution in [2.45, 2.75) is 38.1 Å². The summed E-state index contributed by atoms with van der Waals surface area (Å²) in [6.07, 6.45) is 2.27. The molecule has 0 bridgehead atoms. The van der Waals surface area contributed by atoms with Crippen LogP contribution in [0, 0.1) is 6.92 Å². The fraction of sp³-hybridized carbons (Fsp3) is 0.467. The van der Waals surface area contributed by atoms with Gasteiger partial charge in [-0.2, -0.15) is 0 Å². The first-order chi connectivity index (χ1) is 8.99. The van der Waals surface area contributed by atoms with Crippen molar-refractivity contribution in [1.82, 2.24) is 0 Å². The summed E-state index contributed by atoms with van der Waals surface area (Å²) in [7, 11) is 1.68. The standard InChI is InChI=1S/C15H18BrNO2/c1-8-6-10-13(16)11(15(4-5-15)9(2)17)7-12(18-3)14(10)19-8/h6-7,9H,4-5,17H2,1-3H3. The molecule has 0 spiro atoms. The molecule has 2 N–H and O–H groups in total. The molecule has 102 valence electrons. The highest BCUT2D eigenvalue weighted by Crippen LogP contribution is 2.55. The van der Waals surface area contributed by atoms with E-state index in [0.717, 1.165) is 39.8 Å². The molecular formula is C15H18BrNO2. The van der Waals surface area contributed by atoms with Gasteiger partial charge in [-0.1, -0.05) is 0 Å². The summed E-state index contributed by atoms with van der Waals surface area (Å²) in [6, 6.07) is 4.26. The molecule has 0 saturated heterocycles. The number of hydrogen-bond donors (Lipinski definition) is 1. The van der Waals surface area contributed by atoms with Crippen LogP contribution in [0.3, 0.4) is 0 Å². The van der Waals surface area contributed by atoms with Crippen molar-refractivity contribution in [2.24, 2.45) is 5.73 Å². The largest absolute Gasteiger partial charge is 0.493 e. The quantitative estimate of drug-likeness (QED) is 0.932. The minimum atomic E-state index is 0.0888. The molecule has 19 heavy (non-hydrogen) atoms. The highest BCUT2D eigenvalue weighted by Gasteiger charge is 2.49. The third-order valence-electron chi connectivity index (χ3n) is 4.24. The maximum absolute atomic E-state index is 6.19. The first-order valence-corrected chi connectivity index (χ1v) is 7.31. The van der Waals surface area contributed by atoms with Gasteiger partial charge in [-0.25, -0.2) is 0 Å². The lowest BCUT2D eigenvalue weighted by molar-refractivity contribution is 0.407. The van der Waals surface area contributed by atoms with Crippen molar-refractivity contribution in [2.75, 3.05) is 7.11 Å². The van der Waals surface area contributed by atoms with Crippen molar-refractivity contribution in [1.29, 1.82) is 0 Å². The lowest BCUT2D eigenvalue weighted by Crippen LogP contribution is -2.31. The molecule has 0 amide bonds. The van der Waals surface area contributed by atoms with Gasteiger partial charge >= 0.3 is 0 Å². The summed E-state index contributed by atoms with van der Waals surface area (Å²) in [5.41, 5.74) is 8.32. The van der Waals surface area contributed by atoms with Crippen molar-refractivity contribution < 1.29 is 9.15 Å². The van der Waals surface area contributed by atoms with E-state index in [2.05, 4.69) is 28.9 Å². The van der Waals surface area contributed by atoms with Gasteiger partial charge in [0.05, 0.1) is 7.11 Å². The summed E-state index contributed by atoms with van der Waals surface area (Å²) in [6.45, 7) is 4.03. The van der Waals surface area contributed by atoms with Crippen LogP contribution in [0.25, 0.3) is 11.0 Å². The van der Waals surface area contributed by atoms with Gasteiger partial charge in [-0.15, -0.1) is 0 Å². The molecule has 1 aliphatic rings. The number of aryl methyl sites for hydroxylation is 1. The van der Waals surface area contributed by atoms with E-state index in [9.17, 15) is 0 Å². The number of fused-ring (bicyclic) bond motifs is 1. The number of methoxy groups -OCH3 is 1. The van der Waals surface area contributed by atoms with E-state index in [1.54, 1.807) is 7.11 Å². The van der Waals surface area contributed by atoms with Crippen LogP contribution in [0.2, 0.25) is 0 Å². The molecule has 1 aromatic heterocycles. The van der Waals surface area contributed by atoms with Crippen molar-refractivity contribution in [3.8, 4) is 5.75 Å². The highest BCUT2D eigenvalue weighted by atomic mass is 79.9. The third-order valence-corrected chi connectivity index (χ3v) is 5.10. The molecule has 1 aromatic carbocycles. The first kappa shape index (κ1) is 13.0. The number of rotatable bonds is 3. The summed E-state index contributed by atoms with van der Waals surface area (Å²) in [5.74, 6) is 1.67. The van der Waals surface area contributed by atoms with Crippen molar-refractivity contribution in [3.63, 3.8) is 0 Å². The number of ether oxygens (including phenoxy) is 1. The average Bonchev–Trinajstić information content (AvgIpc) is 3.07. The Bertz CT molecular complexity index is 641. The SMILES string of the molecule is COc1cc(C2(C(C)N)CC2)c(Br)c2cc(C)oc12. The van der Waals surface area contributed by atoms with Gasteiger partial charge in [0.2, 0.25) is 0 Å². The predicted octanol–water partition coefficient (Wildman–Crippen LogP) is 3.89. The van der Waals surface area contributed by atoms with Crippen LogP contribution in [0.4, 0.5) is 0 Å². The molecule has 1 fully saturated rings. The number of furan rings is 1. The van der Waals surface area contributed by atoms with Crippen LogP contribution in [-0.2, 0) is 5.41 Å². The molecule has 3 nitrogen and oxygen atoms in total. The molecular weight excluding hydrogens is 306 g/mol. The maximum atomic E-state index is 6.19. The van der Waals surface area contributed by atoms with Gasteiger partial charge in [-0.3, -0.25) is 0 Å². The Morgan fingerprint density at radius 3 is 2.63 bits per heavy atom. The molecule has 0 aliphatic heterocycles. The summed E-state index contributed by atoms with van der Waals surface area (Å²) < 4.78 is 12.3. The van der Waals surface area contributed by atoms with Gasteiger partial charge in [0.25, 0.3) is 0 Å². The first-order valence-electron chi connectivity index (χ1n) is 6.52. The van der Waals surface area contributed by atoms with Crippen LogP contribution in [0.5, 0.6) is 5.75 Å². The fourth-order valence-electron chi connectivity index (χ4n) is 2.88. The molecule has 1 atom stereocenters. The highest BCUT2D eigenvalue weighted by molar-refractivity contribution is 9.10. The van der Waals surface area contributed by atoms with E-state index in [4.69, 9.17) is 14.9 Å². The van der Waals surface area contributed by atoms with E-state index < -0.39 is 0 Å². The summed E-state index contributed by atoms with van der Waals surface area (Å²) in [4.78, 5) is 0. The van der Waals surface area contributed by atoms with E-state index in [-0.39, 0.29) is 11.5 Å². The topological polar surface area (TPSA) is 48.4 Å². The lowest BCUT2D eigenvalue weighted by atomic mass is 9.88. The number of hydrogen-bond acceptors (Lipinski definition) is 3. The normalized spacial score (nSPS) is 18.6. The number of halogens is 1. The van der Waals surface area contributed by atoms with Crippen LogP contribution in [-0.4, -0.2) is 13.2 Å². The zero-order valence-electron chi connectivity index (χ0n) is 11.4. The van der Waals surface area contributed by atoms with E-state index >= 15 is 0 Å². The zero-order valence-corrected chi connectivity index (χ0v) is 13.0. The van der Waals surface area contributed by atoms with Gasteiger partial charge in [0, 0.05) is 21.3 Å². The molecule has 1 aliphatic carbocycles. The minimum absolute atomic E-state index is 0.0888. The molecule has 1 heterocycles. The minimum Gasteiger partial charge on any atom is -0.493 e. The van der Waals surface area contributed by atoms with Crippen molar-refractivity contribution >= 4 is 26.9 Å². The van der Waals surface area contributed by atoms with Gasteiger partial charge in [0.15, 0.2) is 11.3 Å². The predicted molar refractivity (Wildman–Crippen MR) is 79.8 cm³/mol. The Morgan fingerprint density at radius 1 is 1.42 bits per heavy atom. The Hall–Kier alpha value is -1.00. The van der Waals surface area contributed by atoms with E-state index in [0.29, 0.717) is 0 Å². The van der Waals surface area contributed by atoms with Crippen molar-refractivity contribution in [3.05, 3.63) is 27.9 Å². The lowest BCUT2D eigenvalue weighted by Gasteiger charge is -2.22. The molecule has 1 unspecified atom stereocenters. The second-order valence-corrected chi connectivity index (χ2v) is 6.28. The van der Waals surface area contributed by atoms with Gasteiger partial charge in [-0.05, 0) is 60.3 Å². The fourth-order valence-corrected chi connectivity index (χ4v) is 3.69. The maximum Gasteiger partial charge on any atom is 0.177 e. The van der Waals surface area contributed by atoms with Crippen LogP contribution >= 0.6 is 15.9 Å². The van der Waals surface area contributed by atoms with Crippen LogP contribution in [0.15, 0.2) is 21.0 Å². The molecule has 3 rings (SSSR count). The number of benzene rings is 1. The smallest absolute Gasteiger partial charge is 0.177 e. The van der Waals surface area contributed by atoms with E-state index in [1.165, 1.54) is 5.56 Å². The summed E-state index contributed by atoms with van der Waals surface area (Å²) >= 11 is 3.73. The average molecular weight is 324 g/mol. The second kappa shape index (κ2) is 4.25. The molecule has 4 heteroatoms. The Morgan fingerprint density at radius 2 is 2.11 bits per heavy atom. The van der Waals surface area contributed by atoms with E-state index in [1.807, 2.05) is 13.0 Å². The van der Waals surface area contributed by atoms with Gasteiger partial charge < -0.3 is 14.9 Å². The Balaban J connectivity index is 2.29. The molecule has 0 radical (unpaired) electrons. The summed E-state index contributed by atoms with van der Waals surface area (Å²) in [5, 5.41) is 1.07. The van der Waals surface area contributed by atoms with Gasteiger partial charge in [0.1, 0.15) is 5.76 Å². The monoisotopic (exact) mass is 323 g/mol. The second-order valence-electron chi connectivity index (χ2n) is 5.49. The Kier molecular flexibility index (Phi) is 2.91. The zero-order chi connectivity index (χ0) is 13.8. The molecule has 1 saturated carbocycles. The third kappa shape index (κ3) is 1.81. The Labute approximate surface area is 121 Å². The molecule has 2 aromatic rings. The van der Waals surface area contributed by atoms with Crippen LogP contribution < -0.4 is 10.5 Å². The van der Waals surface area contributed by atoms with Crippen LogP contribution in [0.1, 0.15) is 31.1 Å².